The van der Waals surface area contributed by atoms with E-state index in [0.29, 0.717) is 19.0 Å². The highest BCUT2D eigenvalue weighted by molar-refractivity contribution is 5.82. The second-order valence-electron chi connectivity index (χ2n) is 8.53. The van der Waals surface area contributed by atoms with Gasteiger partial charge in [0.05, 0.1) is 6.04 Å². The molecule has 7 nitrogen and oxygen atoms in total. The summed E-state index contributed by atoms with van der Waals surface area (Å²) in [6, 6.07) is -0.0384. The lowest BCUT2D eigenvalue weighted by molar-refractivity contribution is -0.138. The zero-order valence-electron chi connectivity index (χ0n) is 17.5. The predicted octanol–water partition coefficient (Wildman–Crippen LogP) is 0.938. The first kappa shape index (κ1) is 21.5. The molecule has 28 heavy (non-hydrogen) atoms. The lowest BCUT2D eigenvalue weighted by atomic mass is 9.95. The molecule has 2 heterocycles. The molecule has 1 atom stereocenters. The molecule has 0 bridgehead atoms. The fraction of sp³-hybridized carbons (Fsp3) is 0.905. The predicted molar refractivity (Wildman–Crippen MR) is 109 cm³/mol. The van der Waals surface area contributed by atoms with Crippen molar-refractivity contribution in [2.24, 2.45) is 5.92 Å². The molecule has 1 saturated carbocycles. The maximum Gasteiger partial charge on any atom is 0.248 e. The summed E-state index contributed by atoms with van der Waals surface area (Å²) in [6.45, 7) is 7.10. The number of nitrogens with one attached hydrogen (secondary N) is 1. The van der Waals surface area contributed by atoms with Crippen LogP contribution in [0.5, 0.6) is 0 Å². The van der Waals surface area contributed by atoms with E-state index in [-0.39, 0.29) is 24.5 Å². The van der Waals surface area contributed by atoms with E-state index in [4.69, 9.17) is 4.74 Å². The molecule has 2 amide bonds. The van der Waals surface area contributed by atoms with E-state index in [1.54, 1.807) is 7.11 Å². The molecule has 0 spiro atoms. The van der Waals surface area contributed by atoms with Crippen molar-refractivity contribution in [3.8, 4) is 0 Å². The minimum absolute atomic E-state index is 0.0384. The van der Waals surface area contributed by atoms with Gasteiger partial charge in [-0.3, -0.25) is 14.5 Å². The maximum atomic E-state index is 13.1. The van der Waals surface area contributed by atoms with Crippen LogP contribution in [0.15, 0.2) is 0 Å². The Labute approximate surface area is 169 Å². The van der Waals surface area contributed by atoms with Crippen molar-refractivity contribution in [3.05, 3.63) is 0 Å². The second-order valence-corrected chi connectivity index (χ2v) is 8.53. The Hall–Kier alpha value is -1.18. The number of carbonyl (C=O) groups excluding carboxylic acids is 2. The van der Waals surface area contributed by atoms with Crippen molar-refractivity contribution >= 4 is 11.8 Å². The van der Waals surface area contributed by atoms with Gasteiger partial charge < -0.3 is 19.9 Å². The number of likely N-dealkylation sites (tertiary alicyclic amines) is 1. The zero-order valence-corrected chi connectivity index (χ0v) is 17.5. The molecule has 0 aromatic heterocycles. The largest absolute Gasteiger partial charge is 0.375 e. The van der Waals surface area contributed by atoms with Crippen LogP contribution in [0.4, 0.5) is 0 Å². The summed E-state index contributed by atoms with van der Waals surface area (Å²) in [4.78, 5) is 31.8. The number of piperidine rings is 1. The number of rotatable bonds is 8. The molecule has 0 unspecified atom stereocenters. The van der Waals surface area contributed by atoms with Gasteiger partial charge in [-0.1, -0.05) is 19.3 Å². The standard InChI is InChI=1S/C21H38N4O3/c1-28-17-19(26)24-13-15-25(16-14-24)20(18-7-3-4-8-18)21(27)22-9-12-23-10-5-2-6-11-23/h18,20H,2-17H2,1H3,(H,22,27)/t20-/m0/s1. The molecule has 3 fully saturated rings. The van der Waals surface area contributed by atoms with E-state index in [0.717, 1.165) is 39.0 Å². The molecule has 0 radical (unpaired) electrons. The summed E-state index contributed by atoms with van der Waals surface area (Å²) in [5.74, 6) is 0.697. The zero-order chi connectivity index (χ0) is 19.8. The smallest absolute Gasteiger partial charge is 0.248 e. The van der Waals surface area contributed by atoms with E-state index >= 15 is 0 Å². The molecule has 0 aromatic carbocycles. The average Bonchev–Trinajstić information content (AvgIpc) is 3.24. The summed E-state index contributed by atoms with van der Waals surface area (Å²) in [5.41, 5.74) is 0. The molecule has 2 saturated heterocycles. The van der Waals surface area contributed by atoms with Gasteiger partial charge in [-0.2, -0.15) is 0 Å². The van der Waals surface area contributed by atoms with Crippen LogP contribution < -0.4 is 5.32 Å². The normalized spacial score (nSPS) is 23.7. The van der Waals surface area contributed by atoms with Crippen LogP contribution in [0.2, 0.25) is 0 Å². The summed E-state index contributed by atoms with van der Waals surface area (Å²) >= 11 is 0. The Balaban J connectivity index is 1.50. The maximum absolute atomic E-state index is 13.1. The first-order valence-corrected chi connectivity index (χ1v) is 11.2. The van der Waals surface area contributed by atoms with Gasteiger partial charge in [-0.25, -0.2) is 0 Å². The number of carbonyl (C=O) groups is 2. The Morgan fingerprint density at radius 1 is 0.964 bits per heavy atom. The van der Waals surface area contributed by atoms with Crippen LogP contribution in [-0.2, 0) is 14.3 Å². The SMILES string of the molecule is COCC(=O)N1CCN([C@H](C(=O)NCCN2CCCCC2)C2CCCC2)CC1. The third-order valence-electron chi connectivity index (χ3n) is 6.62. The van der Waals surface area contributed by atoms with Crippen LogP contribution in [0.1, 0.15) is 44.9 Å². The number of hydrogen-bond donors (Lipinski definition) is 1. The molecular formula is C21H38N4O3. The minimum Gasteiger partial charge on any atom is -0.375 e. The van der Waals surface area contributed by atoms with Gasteiger partial charge in [0.15, 0.2) is 0 Å². The summed E-state index contributed by atoms with van der Waals surface area (Å²) < 4.78 is 4.97. The van der Waals surface area contributed by atoms with Crippen LogP contribution in [0.3, 0.4) is 0 Å². The van der Waals surface area contributed by atoms with E-state index < -0.39 is 0 Å². The van der Waals surface area contributed by atoms with Gasteiger partial charge in [-0.05, 0) is 44.7 Å². The number of methoxy groups -OCH3 is 1. The first-order valence-electron chi connectivity index (χ1n) is 11.2. The fourth-order valence-electron chi connectivity index (χ4n) is 5.04. The van der Waals surface area contributed by atoms with Crippen LogP contribution in [-0.4, -0.2) is 98.6 Å². The average molecular weight is 395 g/mol. The highest BCUT2D eigenvalue weighted by atomic mass is 16.5. The highest BCUT2D eigenvalue weighted by Crippen LogP contribution is 2.31. The molecule has 1 aliphatic carbocycles. The molecule has 2 aliphatic heterocycles. The highest BCUT2D eigenvalue weighted by Gasteiger charge is 2.37. The number of nitrogens with zero attached hydrogens (tertiary/aromatic N) is 3. The molecular weight excluding hydrogens is 356 g/mol. The third-order valence-corrected chi connectivity index (χ3v) is 6.62. The van der Waals surface area contributed by atoms with Crippen molar-refractivity contribution in [3.63, 3.8) is 0 Å². The number of piperazine rings is 1. The molecule has 160 valence electrons. The molecule has 3 rings (SSSR count). The number of ether oxygens (including phenoxy) is 1. The number of amides is 2. The minimum atomic E-state index is -0.0384. The number of hydrogen-bond acceptors (Lipinski definition) is 5. The van der Waals surface area contributed by atoms with E-state index in [2.05, 4.69) is 15.1 Å². The van der Waals surface area contributed by atoms with E-state index in [1.807, 2.05) is 4.90 Å². The van der Waals surface area contributed by atoms with Gasteiger partial charge in [0.25, 0.3) is 0 Å². The van der Waals surface area contributed by atoms with Crippen molar-refractivity contribution in [1.82, 2.24) is 20.0 Å². The van der Waals surface area contributed by atoms with E-state index in [1.165, 1.54) is 45.2 Å². The van der Waals surface area contributed by atoms with Crippen LogP contribution in [0, 0.1) is 5.92 Å². The van der Waals surface area contributed by atoms with Crippen molar-refractivity contribution in [2.45, 2.75) is 51.0 Å². The Kier molecular flexibility index (Phi) is 8.55. The molecule has 1 N–H and O–H groups in total. The Bertz CT molecular complexity index is 496. The van der Waals surface area contributed by atoms with Gasteiger partial charge in [0, 0.05) is 46.4 Å². The molecule has 7 heteroatoms. The van der Waals surface area contributed by atoms with Crippen molar-refractivity contribution < 1.29 is 14.3 Å². The third kappa shape index (κ3) is 5.91. The van der Waals surface area contributed by atoms with E-state index in [9.17, 15) is 9.59 Å². The lowest BCUT2D eigenvalue weighted by Crippen LogP contribution is -2.58. The van der Waals surface area contributed by atoms with Crippen LogP contribution >= 0.6 is 0 Å². The monoisotopic (exact) mass is 394 g/mol. The van der Waals surface area contributed by atoms with Crippen molar-refractivity contribution in [1.29, 1.82) is 0 Å². The van der Waals surface area contributed by atoms with Gasteiger partial charge in [0.1, 0.15) is 6.61 Å². The summed E-state index contributed by atoms with van der Waals surface area (Å²) in [5, 5.41) is 3.24. The molecule has 0 aromatic rings. The van der Waals surface area contributed by atoms with Crippen molar-refractivity contribution in [2.75, 3.05) is 66.1 Å². The Morgan fingerprint density at radius 2 is 1.64 bits per heavy atom. The van der Waals surface area contributed by atoms with Gasteiger partial charge in [0.2, 0.25) is 11.8 Å². The second kappa shape index (κ2) is 11.1. The molecule has 3 aliphatic rings. The fourth-order valence-corrected chi connectivity index (χ4v) is 5.04. The van der Waals surface area contributed by atoms with Crippen LogP contribution in [0.25, 0.3) is 0 Å². The van der Waals surface area contributed by atoms with Gasteiger partial charge >= 0.3 is 0 Å². The topological polar surface area (TPSA) is 65.1 Å². The quantitative estimate of drug-likeness (QED) is 0.664. The van der Waals surface area contributed by atoms with Gasteiger partial charge in [-0.15, -0.1) is 0 Å². The Morgan fingerprint density at radius 3 is 2.29 bits per heavy atom. The first-order chi connectivity index (χ1) is 13.7. The lowest BCUT2D eigenvalue weighted by Gasteiger charge is -2.40. The summed E-state index contributed by atoms with van der Waals surface area (Å²) in [6.07, 6.45) is 8.66. The summed E-state index contributed by atoms with van der Waals surface area (Å²) in [7, 11) is 1.55.